The molecule has 0 amide bonds. The fraction of sp³-hybridized carbons (Fsp3) is 1.00. The molecule has 0 saturated carbocycles. The standard InChI is InChI=1S/C8H18N2O/c1-5(2)8-7(10)6(9)3-4-11-8/h5-8H,3-4,9-10H2,1-2H3. The van der Waals surface area contributed by atoms with Gasteiger partial charge in [-0.1, -0.05) is 13.8 Å². The maximum atomic E-state index is 5.87. The van der Waals surface area contributed by atoms with Crippen molar-refractivity contribution < 1.29 is 4.74 Å². The molecule has 11 heavy (non-hydrogen) atoms. The summed E-state index contributed by atoms with van der Waals surface area (Å²) in [7, 11) is 0. The van der Waals surface area contributed by atoms with Crippen LogP contribution >= 0.6 is 0 Å². The minimum absolute atomic E-state index is 0.0174. The summed E-state index contributed by atoms with van der Waals surface area (Å²) in [6, 6.07) is 0.139. The highest BCUT2D eigenvalue weighted by atomic mass is 16.5. The van der Waals surface area contributed by atoms with E-state index < -0.39 is 0 Å². The van der Waals surface area contributed by atoms with E-state index in [-0.39, 0.29) is 18.2 Å². The van der Waals surface area contributed by atoms with Gasteiger partial charge in [0, 0.05) is 18.7 Å². The lowest BCUT2D eigenvalue weighted by molar-refractivity contribution is -0.0331. The van der Waals surface area contributed by atoms with Crippen LogP contribution in [0.1, 0.15) is 20.3 Å². The first kappa shape index (κ1) is 8.97. The Morgan fingerprint density at radius 1 is 1.36 bits per heavy atom. The fourth-order valence-corrected chi connectivity index (χ4v) is 1.52. The van der Waals surface area contributed by atoms with Gasteiger partial charge in [-0.25, -0.2) is 0 Å². The lowest BCUT2D eigenvalue weighted by Crippen LogP contribution is -2.56. The predicted molar refractivity (Wildman–Crippen MR) is 45.1 cm³/mol. The molecule has 1 heterocycles. The van der Waals surface area contributed by atoms with Crippen molar-refractivity contribution in [1.82, 2.24) is 0 Å². The highest BCUT2D eigenvalue weighted by molar-refractivity contribution is 4.88. The Bertz CT molecular complexity index is 127. The van der Waals surface area contributed by atoms with E-state index >= 15 is 0 Å². The van der Waals surface area contributed by atoms with Crippen LogP contribution in [0.2, 0.25) is 0 Å². The number of hydrogen-bond donors (Lipinski definition) is 2. The van der Waals surface area contributed by atoms with Crippen molar-refractivity contribution in [1.29, 1.82) is 0 Å². The zero-order chi connectivity index (χ0) is 8.43. The van der Waals surface area contributed by atoms with E-state index in [1.54, 1.807) is 0 Å². The zero-order valence-electron chi connectivity index (χ0n) is 7.29. The number of rotatable bonds is 1. The van der Waals surface area contributed by atoms with Crippen molar-refractivity contribution in [3.63, 3.8) is 0 Å². The summed E-state index contributed by atoms with van der Waals surface area (Å²) in [6.07, 6.45) is 1.04. The first-order valence-electron chi connectivity index (χ1n) is 4.25. The molecule has 0 aromatic rings. The molecule has 3 atom stereocenters. The molecule has 0 bridgehead atoms. The number of hydrogen-bond acceptors (Lipinski definition) is 3. The third kappa shape index (κ3) is 1.92. The van der Waals surface area contributed by atoms with Gasteiger partial charge >= 0.3 is 0 Å². The molecule has 1 saturated heterocycles. The number of nitrogens with two attached hydrogens (primary N) is 2. The predicted octanol–water partition coefficient (Wildman–Crippen LogP) is 0.0859. The zero-order valence-corrected chi connectivity index (χ0v) is 7.29. The molecule has 1 aliphatic heterocycles. The molecule has 3 heteroatoms. The SMILES string of the molecule is CC(C)C1OCCC(N)C1N. The molecule has 0 aromatic carbocycles. The Morgan fingerprint density at radius 2 is 2.00 bits per heavy atom. The van der Waals surface area contributed by atoms with Crippen LogP contribution in [-0.4, -0.2) is 24.8 Å². The highest BCUT2D eigenvalue weighted by Crippen LogP contribution is 2.17. The molecule has 3 nitrogen and oxygen atoms in total. The molecule has 0 radical (unpaired) electrons. The summed E-state index contributed by atoms with van der Waals surface area (Å²) in [5, 5.41) is 0. The fourth-order valence-electron chi connectivity index (χ4n) is 1.52. The third-order valence-electron chi connectivity index (χ3n) is 2.29. The molecule has 1 aliphatic rings. The first-order valence-corrected chi connectivity index (χ1v) is 4.25. The Labute approximate surface area is 68.1 Å². The van der Waals surface area contributed by atoms with Crippen molar-refractivity contribution in [2.75, 3.05) is 6.61 Å². The molecular formula is C8H18N2O. The van der Waals surface area contributed by atoms with Crippen molar-refractivity contribution in [3.05, 3.63) is 0 Å². The summed E-state index contributed by atoms with van der Waals surface area (Å²) in [6.45, 7) is 4.99. The van der Waals surface area contributed by atoms with Crippen LogP contribution in [0.25, 0.3) is 0 Å². The number of ether oxygens (including phenoxy) is 1. The molecule has 0 aliphatic carbocycles. The Morgan fingerprint density at radius 3 is 2.45 bits per heavy atom. The summed E-state index contributed by atoms with van der Waals surface area (Å²) in [4.78, 5) is 0. The maximum absolute atomic E-state index is 5.87. The molecule has 1 fully saturated rings. The average Bonchev–Trinajstić information content (AvgIpc) is 1.94. The second-order valence-electron chi connectivity index (χ2n) is 3.61. The van der Waals surface area contributed by atoms with Crippen LogP contribution in [0, 0.1) is 5.92 Å². The third-order valence-corrected chi connectivity index (χ3v) is 2.29. The van der Waals surface area contributed by atoms with E-state index in [0.29, 0.717) is 5.92 Å². The van der Waals surface area contributed by atoms with Gasteiger partial charge in [0.25, 0.3) is 0 Å². The van der Waals surface area contributed by atoms with Crippen molar-refractivity contribution in [3.8, 4) is 0 Å². The quantitative estimate of drug-likeness (QED) is 0.568. The summed E-state index contributed by atoms with van der Waals surface area (Å²) >= 11 is 0. The van der Waals surface area contributed by atoms with Gasteiger partial charge < -0.3 is 16.2 Å². The topological polar surface area (TPSA) is 61.3 Å². The van der Waals surface area contributed by atoms with Gasteiger partial charge in [0.2, 0.25) is 0 Å². The molecular weight excluding hydrogens is 140 g/mol. The Hall–Kier alpha value is -0.120. The second kappa shape index (κ2) is 3.52. The van der Waals surface area contributed by atoms with Crippen molar-refractivity contribution in [2.24, 2.45) is 17.4 Å². The summed E-state index contributed by atoms with van der Waals surface area (Å²) in [5.41, 5.74) is 11.7. The van der Waals surface area contributed by atoms with Crippen LogP contribution in [0.5, 0.6) is 0 Å². The van der Waals surface area contributed by atoms with Crippen LogP contribution < -0.4 is 11.5 Å². The van der Waals surface area contributed by atoms with Crippen LogP contribution in [-0.2, 0) is 4.74 Å². The van der Waals surface area contributed by atoms with Crippen molar-refractivity contribution >= 4 is 0 Å². The van der Waals surface area contributed by atoms with Gasteiger partial charge in [-0.05, 0) is 12.3 Å². The van der Waals surface area contributed by atoms with E-state index in [9.17, 15) is 0 Å². The van der Waals surface area contributed by atoms with Gasteiger partial charge in [0.05, 0.1) is 6.10 Å². The monoisotopic (exact) mass is 158 g/mol. The van der Waals surface area contributed by atoms with Gasteiger partial charge in [-0.2, -0.15) is 0 Å². The van der Waals surface area contributed by atoms with Crippen LogP contribution in [0.3, 0.4) is 0 Å². The van der Waals surface area contributed by atoms with E-state index in [4.69, 9.17) is 16.2 Å². The minimum atomic E-state index is 0.0174. The minimum Gasteiger partial charge on any atom is -0.376 e. The summed E-state index contributed by atoms with van der Waals surface area (Å²) in [5.74, 6) is 0.469. The van der Waals surface area contributed by atoms with E-state index in [0.717, 1.165) is 13.0 Å². The van der Waals surface area contributed by atoms with Crippen LogP contribution in [0.15, 0.2) is 0 Å². The van der Waals surface area contributed by atoms with E-state index in [1.165, 1.54) is 0 Å². The molecule has 1 rings (SSSR count). The van der Waals surface area contributed by atoms with Gasteiger partial charge in [-0.15, -0.1) is 0 Å². The molecule has 4 N–H and O–H groups in total. The molecule has 0 aromatic heterocycles. The highest BCUT2D eigenvalue weighted by Gasteiger charge is 2.30. The average molecular weight is 158 g/mol. The van der Waals surface area contributed by atoms with Gasteiger partial charge in [-0.3, -0.25) is 0 Å². The summed E-state index contributed by atoms with van der Waals surface area (Å²) < 4.78 is 5.52. The molecule has 66 valence electrons. The Kier molecular flexibility index (Phi) is 2.87. The van der Waals surface area contributed by atoms with Crippen LogP contribution in [0.4, 0.5) is 0 Å². The smallest absolute Gasteiger partial charge is 0.0763 e. The van der Waals surface area contributed by atoms with Crippen molar-refractivity contribution in [2.45, 2.75) is 38.5 Å². The second-order valence-corrected chi connectivity index (χ2v) is 3.61. The van der Waals surface area contributed by atoms with E-state index in [1.807, 2.05) is 0 Å². The first-order chi connectivity index (χ1) is 5.13. The van der Waals surface area contributed by atoms with Gasteiger partial charge in [0.15, 0.2) is 0 Å². The van der Waals surface area contributed by atoms with E-state index in [2.05, 4.69) is 13.8 Å². The maximum Gasteiger partial charge on any atom is 0.0763 e. The lowest BCUT2D eigenvalue weighted by atomic mass is 9.91. The van der Waals surface area contributed by atoms with Gasteiger partial charge in [0.1, 0.15) is 0 Å². The molecule has 3 unspecified atom stereocenters. The molecule has 0 spiro atoms. The Balaban J connectivity index is 2.51. The largest absolute Gasteiger partial charge is 0.376 e. The lowest BCUT2D eigenvalue weighted by Gasteiger charge is -2.36. The normalized spacial score (nSPS) is 39.5.